The Kier molecular flexibility index (Phi) is 2.95. The molecule has 6 heteroatoms. The summed E-state index contributed by atoms with van der Waals surface area (Å²) in [5.74, 6) is -0.955. The Morgan fingerprint density at radius 3 is 2.65 bits per heavy atom. The molecule has 1 aliphatic rings. The largest absolute Gasteiger partial charge is 0.495 e. The van der Waals surface area contributed by atoms with Crippen LogP contribution in [0.15, 0.2) is 12.3 Å². The molecule has 0 bridgehead atoms. The second-order valence-electron chi connectivity index (χ2n) is 3.52. The molecule has 1 aliphatic heterocycles. The standard InChI is InChI=1S/C11H11NO5/c1-15-8-5-12-9(16-2)3-6(8)7-4-10(13)17-11(7)14/h3,5,7H,4H2,1-2H3. The molecule has 1 aromatic heterocycles. The van der Waals surface area contributed by atoms with E-state index < -0.39 is 17.9 Å². The molecule has 0 aliphatic carbocycles. The number of hydrogen-bond acceptors (Lipinski definition) is 6. The molecule has 1 saturated heterocycles. The number of nitrogens with zero attached hydrogens (tertiary/aromatic N) is 1. The van der Waals surface area contributed by atoms with Gasteiger partial charge in [0, 0.05) is 11.6 Å². The van der Waals surface area contributed by atoms with Crippen molar-refractivity contribution < 1.29 is 23.8 Å². The fraction of sp³-hybridized carbons (Fsp3) is 0.364. The van der Waals surface area contributed by atoms with Gasteiger partial charge in [-0.2, -0.15) is 0 Å². The average molecular weight is 237 g/mol. The Hall–Kier alpha value is -2.11. The summed E-state index contributed by atoms with van der Waals surface area (Å²) in [6.07, 6.45) is 1.46. The summed E-state index contributed by atoms with van der Waals surface area (Å²) in [5.41, 5.74) is 0.551. The van der Waals surface area contributed by atoms with Crippen LogP contribution in [0.4, 0.5) is 0 Å². The van der Waals surface area contributed by atoms with Crippen molar-refractivity contribution in [1.29, 1.82) is 0 Å². The number of esters is 2. The highest BCUT2D eigenvalue weighted by Crippen LogP contribution is 2.35. The molecule has 2 heterocycles. The lowest BCUT2D eigenvalue weighted by atomic mass is 9.98. The Morgan fingerprint density at radius 2 is 2.12 bits per heavy atom. The van der Waals surface area contributed by atoms with Crippen LogP contribution in [0.1, 0.15) is 17.9 Å². The van der Waals surface area contributed by atoms with Gasteiger partial charge in [-0.05, 0) is 0 Å². The Morgan fingerprint density at radius 1 is 1.35 bits per heavy atom. The third kappa shape index (κ3) is 2.06. The third-order valence-electron chi connectivity index (χ3n) is 2.55. The minimum absolute atomic E-state index is 0.0162. The zero-order chi connectivity index (χ0) is 12.4. The van der Waals surface area contributed by atoms with Crippen LogP contribution in [-0.4, -0.2) is 31.1 Å². The first kappa shape index (κ1) is 11.4. The van der Waals surface area contributed by atoms with E-state index in [9.17, 15) is 9.59 Å². The molecule has 2 rings (SSSR count). The zero-order valence-corrected chi connectivity index (χ0v) is 9.43. The molecule has 1 unspecified atom stereocenters. The molecule has 0 N–H and O–H groups in total. The summed E-state index contributed by atoms with van der Waals surface area (Å²) in [6, 6.07) is 1.57. The summed E-state index contributed by atoms with van der Waals surface area (Å²) in [6.45, 7) is 0. The lowest BCUT2D eigenvalue weighted by Gasteiger charge is -2.11. The SMILES string of the molecule is COc1cc(C2CC(=O)OC2=O)c(OC)cn1. The fourth-order valence-electron chi connectivity index (χ4n) is 1.70. The molecule has 1 fully saturated rings. The zero-order valence-electron chi connectivity index (χ0n) is 9.43. The highest BCUT2D eigenvalue weighted by Gasteiger charge is 2.36. The molecule has 0 aromatic carbocycles. The predicted octanol–water partition coefficient (Wildman–Crippen LogP) is 0.656. The number of rotatable bonds is 3. The van der Waals surface area contributed by atoms with Crippen LogP contribution in [-0.2, 0) is 14.3 Å². The molecular weight excluding hydrogens is 226 g/mol. The maximum atomic E-state index is 11.5. The van der Waals surface area contributed by atoms with E-state index in [1.165, 1.54) is 20.4 Å². The number of hydrogen-bond donors (Lipinski definition) is 0. The van der Waals surface area contributed by atoms with Gasteiger partial charge in [-0.1, -0.05) is 0 Å². The number of aromatic nitrogens is 1. The normalized spacial score (nSPS) is 19.1. The van der Waals surface area contributed by atoms with Crippen molar-refractivity contribution in [1.82, 2.24) is 4.98 Å². The number of carbonyl (C=O) groups is 2. The van der Waals surface area contributed by atoms with Crippen molar-refractivity contribution >= 4 is 11.9 Å². The summed E-state index contributed by atoms with van der Waals surface area (Å²) in [4.78, 5) is 26.5. The number of methoxy groups -OCH3 is 2. The predicted molar refractivity (Wildman–Crippen MR) is 55.8 cm³/mol. The molecule has 0 spiro atoms. The third-order valence-corrected chi connectivity index (χ3v) is 2.55. The topological polar surface area (TPSA) is 74.7 Å². The van der Waals surface area contributed by atoms with Gasteiger partial charge in [0.1, 0.15) is 5.75 Å². The Labute approximate surface area is 97.5 Å². The van der Waals surface area contributed by atoms with E-state index in [-0.39, 0.29) is 6.42 Å². The van der Waals surface area contributed by atoms with Crippen molar-refractivity contribution in [3.8, 4) is 11.6 Å². The van der Waals surface area contributed by atoms with Gasteiger partial charge in [0.05, 0.1) is 32.8 Å². The van der Waals surface area contributed by atoms with E-state index in [0.29, 0.717) is 17.2 Å². The van der Waals surface area contributed by atoms with Crippen LogP contribution >= 0.6 is 0 Å². The van der Waals surface area contributed by atoms with E-state index in [2.05, 4.69) is 9.72 Å². The first-order chi connectivity index (χ1) is 8.15. The van der Waals surface area contributed by atoms with E-state index in [0.717, 1.165) is 0 Å². The Balaban J connectivity index is 2.42. The van der Waals surface area contributed by atoms with Crippen molar-refractivity contribution in [2.75, 3.05) is 14.2 Å². The molecule has 1 atom stereocenters. The van der Waals surface area contributed by atoms with Gasteiger partial charge < -0.3 is 14.2 Å². The number of pyridine rings is 1. The maximum Gasteiger partial charge on any atom is 0.321 e. The highest BCUT2D eigenvalue weighted by atomic mass is 16.6. The van der Waals surface area contributed by atoms with Gasteiger partial charge in [-0.3, -0.25) is 9.59 Å². The highest BCUT2D eigenvalue weighted by molar-refractivity contribution is 5.98. The van der Waals surface area contributed by atoms with E-state index in [1.807, 2.05) is 0 Å². The minimum Gasteiger partial charge on any atom is -0.495 e. The van der Waals surface area contributed by atoms with E-state index in [4.69, 9.17) is 9.47 Å². The van der Waals surface area contributed by atoms with Gasteiger partial charge in [-0.15, -0.1) is 0 Å². The summed E-state index contributed by atoms with van der Waals surface area (Å²) < 4.78 is 14.6. The van der Waals surface area contributed by atoms with Gasteiger partial charge in [-0.25, -0.2) is 4.98 Å². The number of cyclic esters (lactones) is 2. The van der Waals surface area contributed by atoms with Crippen molar-refractivity contribution in [3.05, 3.63) is 17.8 Å². The molecule has 6 nitrogen and oxygen atoms in total. The molecule has 0 amide bonds. The second kappa shape index (κ2) is 4.40. The van der Waals surface area contributed by atoms with Crippen LogP contribution in [0.2, 0.25) is 0 Å². The molecule has 17 heavy (non-hydrogen) atoms. The molecule has 0 saturated carbocycles. The number of carbonyl (C=O) groups excluding carboxylic acids is 2. The van der Waals surface area contributed by atoms with E-state index >= 15 is 0 Å². The summed E-state index contributed by atoms with van der Waals surface area (Å²) in [5, 5.41) is 0. The first-order valence-corrected chi connectivity index (χ1v) is 4.98. The Bertz CT molecular complexity index is 471. The second-order valence-corrected chi connectivity index (χ2v) is 3.52. The molecule has 90 valence electrons. The van der Waals surface area contributed by atoms with Crippen LogP contribution in [0.5, 0.6) is 11.6 Å². The molecular formula is C11H11NO5. The fourth-order valence-corrected chi connectivity index (χ4v) is 1.70. The van der Waals surface area contributed by atoms with Crippen molar-refractivity contribution in [3.63, 3.8) is 0 Å². The lowest BCUT2D eigenvalue weighted by Crippen LogP contribution is -2.08. The van der Waals surface area contributed by atoms with Crippen molar-refractivity contribution in [2.24, 2.45) is 0 Å². The first-order valence-electron chi connectivity index (χ1n) is 4.98. The lowest BCUT2D eigenvalue weighted by molar-refractivity contribution is -0.152. The molecule has 0 radical (unpaired) electrons. The summed E-state index contributed by atoms with van der Waals surface area (Å²) >= 11 is 0. The van der Waals surface area contributed by atoms with Crippen LogP contribution in [0, 0.1) is 0 Å². The number of ether oxygens (including phenoxy) is 3. The quantitative estimate of drug-likeness (QED) is 0.567. The van der Waals surface area contributed by atoms with E-state index in [1.54, 1.807) is 6.07 Å². The smallest absolute Gasteiger partial charge is 0.321 e. The van der Waals surface area contributed by atoms with Gasteiger partial charge in [0.2, 0.25) is 5.88 Å². The van der Waals surface area contributed by atoms with Crippen LogP contribution < -0.4 is 9.47 Å². The average Bonchev–Trinajstić information content (AvgIpc) is 2.67. The molecule has 1 aromatic rings. The van der Waals surface area contributed by atoms with Gasteiger partial charge in [0.15, 0.2) is 0 Å². The van der Waals surface area contributed by atoms with Crippen molar-refractivity contribution in [2.45, 2.75) is 12.3 Å². The summed E-state index contributed by atoms with van der Waals surface area (Å²) in [7, 11) is 2.94. The van der Waals surface area contributed by atoms with Crippen LogP contribution in [0.25, 0.3) is 0 Å². The van der Waals surface area contributed by atoms with Gasteiger partial charge in [0.25, 0.3) is 0 Å². The maximum absolute atomic E-state index is 11.5. The van der Waals surface area contributed by atoms with Crippen LogP contribution in [0.3, 0.4) is 0 Å². The minimum atomic E-state index is -0.644. The van der Waals surface area contributed by atoms with Gasteiger partial charge >= 0.3 is 11.9 Å². The monoisotopic (exact) mass is 237 g/mol.